The number of benzene rings is 3. The van der Waals surface area contributed by atoms with Crippen LogP contribution < -0.4 is 14.4 Å². The molecule has 1 saturated heterocycles. The molecule has 202 valence electrons. The number of carbonyl (C=O) groups is 1. The molecule has 9 nitrogen and oxygen atoms in total. The monoisotopic (exact) mass is 557 g/mol. The first-order chi connectivity index (χ1) is 18.1. The van der Waals surface area contributed by atoms with Crippen molar-refractivity contribution >= 4 is 31.6 Å². The molecule has 0 aliphatic carbocycles. The van der Waals surface area contributed by atoms with E-state index < -0.39 is 20.0 Å². The van der Waals surface area contributed by atoms with E-state index in [9.17, 15) is 21.6 Å². The fourth-order valence-electron chi connectivity index (χ4n) is 4.05. The number of rotatable bonds is 10. The molecule has 0 unspecified atom stereocenters. The quantitative estimate of drug-likeness (QED) is 0.382. The molecule has 0 atom stereocenters. The molecule has 1 amide bonds. The molecule has 1 heterocycles. The summed E-state index contributed by atoms with van der Waals surface area (Å²) in [6, 6.07) is 19.2. The maximum Gasteiger partial charge on any atom is 0.264 e. The molecule has 1 N–H and O–H groups in total. The smallest absolute Gasteiger partial charge is 0.264 e. The fourth-order valence-corrected chi connectivity index (χ4v) is 6.76. The van der Waals surface area contributed by atoms with Crippen LogP contribution in [0.15, 0.2) is 82.6 Å². The van der Waals surface area contributed by atoms with Crippen LogP contribution in [0.3, 0.4) is 0 Å². The van der Waals surface area contributed by atoms with Crippen LogP contribution in [0.4, 0.5) is 5.69 Å². The molecular weight excluding hydrogens is 526 g/mol. The summed E-state index contributed by atoms with van der Waals surface area (Å²) in [6.45, 7) is 3.41. The Kier molecular flexibility index (Phi) is 8.39. The minimum atomic E-state index is -3.72. The van der Waals surface area contributed by atoms with Gasteiger partial charge in [-0.3, -0.25) is 9.10 Å². The van der Waals surface area contributed by atoms with Crippen LogP contribution in [-0.4, -0.2) is 60.3 Å². The lowest BCUT2D eigenvalue weighted by Crippen LogP contribution is -2.29. The predicted octanol–water partition coefficient (Wildman–Crippen LogP) is 3.41. The lowest BCUT2D eigenvalue weighted by atomic mass is 10.2. The van der Waals surface area contributed by atoms with E-state index in [0.29, 0.717) is 30.1 Å². The van der Waals surface area contributed by atoms with Crippen molar-refractivity contribution in [3.05, 3.63) is 83.9 Å². The molecule has 0 radical (unpaired) electrons. The molecule has 1 fully saturated rings. The van der Waals surface area contributed by atoms with E-state index in [2.05, 4.69) is 5.32 Å². The summed E-state index contributed by atoms with van der Waals surface area (Å²) < 4.78 is 59.3. The first-order valence-corrected chi connectivity index (χ1v) is 15.1. The van der Waals surface area contributed by atoms with Gasteiger partial charge in [0.1, 0.15) is 12.4 Å². The molecule has 3 aromatic rings. The lowest BCUT2D eigenvalue weighted by Gasteiger charge is -2.20. The van der Waals surface area contributed by atoms with Crippen LogP contribution in [0, 0.1) is 6.92 Å². The van der Waals surface area contributed by atoms with E-state index in [0.717, 1.165) is 18.4 Å². The minimum Gasteiger partial charge on any atom is -0.492 e. The Hall–Kier alpha value is -3.41. The van der Waals surface area contributed by atoms with Gasteiger partial charge in [-0.15, -0.1) is 0 Å². The molecular formula is C27H31N3O6S2. The minimum absolute atomic E-state index is 0.190. The van der Waals surface area contributed by atoms with E-state index in [-0.39, 0.29) is 28.8 Å². The summed E-state index contributed by atoms with van der Waals surface area (Å²) in [6.07, 6.45) is 1.76. The standard InChI is InChI=1S/C27H31N3O6S2/c1-21-5-13-25(14-6-21)37(32,33)29(2)23-9-7-22(8-10-23)27(31)28-17-20-36-24-11-15-26(16-12-24)38(34,35)30-18-3-4-19-30/h5-16H,3-4,17-20H2,1-2H3,(H,28,31). The van der Waals surface area contributed by atoms with Crippen LogP contribution in [0.2, 0.25) is 0 Å². The molecule has 1 aliphatic heterocycles. The summed E-state index contributed by atoms with van der Waals surface area (Å²) in [7, 11) is -5.72. The van der Waals surface area contributed by atoms with Crippen molar-refractivity contribution in [2.24, 2.45) is 0 Å². The Morgan fingerprint density at radius 2 is 1.45 bits per heavy atom. The summed E-state index contributed by atoms with van der Waals surface area (Å²) in [4.78, 5) is 12.9. The van der Waals surface area contributed by atoms with Gasteiger partial charge >= 0.3 is 0 Å². The van der Waals surface area contributed by atoms with Gasteiger partial charge in [-0.05, 0) is 80.4 Å². The predicted molar refractivity (Wildman–Crippen MR) is 145 cm³/mol. The number of ether oxygens (including phenoxy) is 1. The maximum atomic E-state index is 12.9. The van der Waals surface area contributed by atoms with E-state index in [1.165, 1.54) is 27.8 Å². The first kappa shape index (κ1) is 27.6. The molecule has 38 heavy (non-hydrogen) atoms. The summed E-state index contributed by atoms with van der Waals surface area (Å²) in [5.41, 5.74) is 1.78. The third kappa shape index (κ3) is 6.17. The number of carbonyl (C=O) groups excluding carboxylic acids is 1. The van der Waals surface area contributed by atoms with Crippen molar-refractivity contribution in [2.75, 3.05) is 37.6 Å². The second-order valence-electron chi connectivity index (χ2n) is 9.02. The molecule has 1 aliphatic rings. The van der Waals surface area contributed by atoms with Crippen LogP contribution in [0.1, 0.15) is 28.8 Å². The molecule has 4 rings (SSSR count). The Morgan fingerprint density at radius 1 is 0.868 bits per heavy atom. The lowest BCUT2D eigenvalue weighted by molar-refractivity contribution is 0.0947. The van der Waals surface area contributed by atoms with Gasteiger partial charge < -0.3 is 10.1 Å². The zero-order valence-electron chi connectivity index (χ0n) is 21.3. The van der Waals surface area contributed by atoms with Gasteiger partial charge in [0.2, 0.25) is 10.0 Å². The van der Waals surface area contributed by atoms with Gasteiger partial charge in [0.05, 0.1) is 22.0 Å². The first-order valence-electron chi connectivity index (χ1n) is 12.3. The highest BCUT2D eigenvalue weighted by molar-refractivity contribution is 7.92. The highest BCUT2D eigenvalue weighted by Gasteiger charge is 2.27. The van der Waals surface area contributed by atoms with Gasteiger partial charge in [-0.2, -0.15) is 4.31 Å². The van der Waals surface area contributed by atoms with E-state index in [1.54, 1.807) is 60.7 Å². The molecule has 0 aromatic heterocycles. The average Bonchev–Trinajstić information content (AvgIpc) is 3.47. The number of sulfonamides is 2. The Morgan fingerprint density at radius 3 is 2.05 bits per heavy atom. The van der Waals surface area contributed by atoms with Crippen molar-refractivity contribution in [3.63, 3.8) is 0 Å². The second-order valence-corrected chi connectivity index (χ2v) is 12.9. The number of hydrogen-bond acceptors (Lipinski definition) is 6. The summed E-state index contributed by atoms with van der Waals surface area (Å²) in [5, 5.41) is 2.75. The SMILES string of the molecule is Cc1ccc(S(=O)(=O)N(C)c2ccc(C(=O)NCCOc3ccc(S(=O)(=O)N4CCCC4)cc3)cc2)cc1. The summed E-state index contributed by atoms with van der Waals surface area (Å²) in [5.74, 6) is 0.179. The highest BCUT2D eigenvalue weighted by Crippen LogP contribution is 2.24. The fraction of sp³-hybridized carbons (Fsp3) is 0.296. The van der Waals surface area contributed by atoms with Gasteiger partial charge in [0.15, 0.2) is 0 Å². The second kappa shape index (κ2) is 11.5. The van der Waals surface area contributed by atoms with Crippen molar-refractivity contribution in [1.29, 1.82) is 0 Å². The van der Waals surface area contributed by atoms with Gasteiger partial charge in [-0.25, -0.2) is 16.8 Å². The van der Waals surface area contributed by atoms with Crippen molar-refractivity contribution < 1.29 is 26.4 Å². The highest BCUT2D eigenvalue weighted by atomic mass is 32.2. The zero-order chi connectivity index (χ0) is 27.3. The third-order valence-corrected chi connectivity index (χ3v) is 10.1. The molecule has 11 heteroatoms. The van der Waals surface area contributed by atoms with Gasteiger partial charge in [0, 0.05) is 25.7 Å². The Bertz CT molecular complexity index is 1470. The van der Waals surface area contributed by atoms with Gasteiger partial charge in [-0.1, -0.05) is 17.7 Å². The number of nitrogens with one attached hydrogen (secondary N) is 1. The van der Waals surface area contributed by atoms with Crippen LogP contribution in [-0.2, 0) is 20.0 Å². The average molecular weight is 558 g/mol. The van der Waals surface area contributed by atoms with Crippen molar-refractivity contribution in [1.82, 2.24) is 9.62 Å². The number of aryl methyl sites for hydroxylation is 1. The normalized spacial score (nSPS) is 14.3. The number of amides is 1. The van der Waals surface area contributed by atoms with Crippen molar-refractivity contribution in [2.45, 2.75) is 29.6 Å². The number of hydrogen-bond donors (Lipinski definition) is 1. The third-order valence-electron chi connectivity index (χ3n) is 6.36. The molecule has 3 aromatic carbocycles. The van der Waals surface area contributed by atoms with Gasteiger partial charge in [0.25, 0.3) is 15.9 Å². The number of anilines is 1. The van der Waals surface area contributed by atoms with E-state index in [4.69, 9.17) is 4.74 Å². The van der Waals surface area contributed by atoms with E-state index in [1.807, 2.05) is 6.92 Å². The van der Waals surface area contributed by atoms with Crippen LogP contribution in [0.5, 0.6) is 5.75 Å². The van der Waals surface area contributed by atoms with E-state index >= 15 is 0 Å². The molecule has 0 spiro atoms. The largest absolute Gasteiger partial charge is 0.492 e. The summed E-state index contributed by atoms with van der Waals surface area (Å²) >= 11 is 0. The molecule has 0 saturated carbocycles. The maximum absolute atomic E-state index is 12.9. The Labute approximate surface area is 224 Å². The van der Waals surface area contributed by atoms with Crippen molar-refractivity contribution in [3.8, 4) is 5.75 Å². The van der Waals surface area contributed by atoms with Crippen LogP contribution >= 0.6 is 0 Å². The topological polar surface area (TPSA) is 113 Å². The Balaban J connectivity index is 1.27. The number of nitrogens with zero attached hydrogens (tertiary/aromatic N) is 2. The van der Waals surface area contributed by atoms with Crippen LogP contribution in [0.25, 0.3) is 0 Å². The molecule has 0 bridgehead atoms. The zero-order valence-corrected chi connectivity index (χ0v) is 23.0.